The van der Waals surface area contributed by atoms with Gasteiger partial charge in [0.2, 0.25) is 5.91 Å². The summed E-state index contributed by atoms with van der Waals surface area (Å²) in [4.78, 5) is 29.2. The topological polar surface area (TPSA) is 96.5 Å². The van der Waals surface area contributed by atoms with Crippen molar-refractivity contribution < 1.29 is 14.7 Å². The highest BCUT2D eigenvalue weighted by atomic mass is 32.2. The van der Waals surface area contributed by atoms with Crippen molar-refractivity contribution in [2.24, 2.45) is 5.73 Å². The minimum atomic E-state index is -1.02. The molecule has 1 unspecified atom stereocenters. The van der Waals surface area contributed by atoms with Crippen molar-refractivity contribution in [3.8, 4) is 0 Å². The normalized spacial score (nSPS) is 18.1. The number of hydrogen-bond donors (Lipinski definition) is 2. The van der Waals surface area contributed by atoms with Gasteiger partial charge in [0.1, 0.15) is 0 Å². The largest absolute Gasteiger partial charge is 0.476 e. The van der Waals surface area contributed by atoms with Gasteiger partial charge < -0.3 is 15.7 Å². The molecule has 0 radical (unpaired) electrons. The molecule has 1 amide bonds. The number of nitrogens with zero attached hydrogens (tertiary/aromatic N) is 2. The highest BCUT2D eigenvalue weighted by Gasteiger charge is 2.35. The SMILES string of the molecule is Cc1cc(C)cc(C(N)[C@H]2CCC(=O)N2CCSc2nc(C(=O)O)cs2)c1. The maximum atomic E-state index is 12.4. The fraction of sp³-hybridized carbons (Fsp3) is 0.421. The fourth-order valence-corrected chi connectivity index (χ4v) is 5.31. The summed E-state index contributed by atoms with van der Waals surface area (Å²) in [6, 6.07) is 6.08. The predicted molar refractivity (Wildman–Crippen MR) is 107 cm³/mol. The number of aromatic carboxylic acids is 1. The molecule has 1 saturated heterocycles. The zero-order chi connectivity index (χ0) is 19.6. The monoisotopic (exact) mass is 405 g/mol. The number of aromatic nitrogens is 1. The second-order valence-corrected chi connectivity index (χ2v) is 8.99. The molecule has 0 spiro atoms. The second kappa shape index (κ2) is 8.41. The van der Waals surface area contributed by atoms with Crippen molar-refractivity contribution in [3.05, 3.63) is 46.0 Å². The maximum Gasteiger partial charge on any atom is 0.355 e. The fourth-order valence-electron chi connectivity index (χ4n) is 3.50. The van der Waals surface area contributed by atoms with E-state index in [4.69, 9.17) is 10.8 Å². The van der Waals surface area contributed by atoms with Crippen molar-refractivity contribution in [1.82, 2.24) is 9.88 Å². The number of aryl methyl sites for hydroxylation is 2. The van der Waals surface area contributed by atoms with E-state index in [-0.39, 0.29) is 23.7 Å². The van der Waals surface area contributed by atoms with E-state index in [9.17, 15) is 9.59 Å². The molecule has 1 aliphatic rings. The molecular weight excluding hydrogens is 382 g/mol. The van der Waals surface area contributed by atoms with E-state index < -0.39 is 5.97 Å². The molecule has 1 aromatic heterocycles. The Morgan fingerprint density at radius 3 is 2.74 bits per heavy atom. The Labute approximate surface area is 166 Å². The highest BCUT2D eigenvalue weighted by Crippen LogP contribution is 2.31. The number of amides is 1. The third-order valence-corrected chi connectivity index (χ3v) is 6.68. The molecule has 1 aliphatic heterocycles. The molecule has 2 atom stereocenters. The van der Waals surface area contributed by atoms with Crippen LogP contribution in [0.25, 0.3) is 0 Å². The average Bonchev–Trinajstić information content (AvgIpc) is 3.21. The number of carbonyl (C=O) groups is 2. The van der Waals surface area contributed by atoms with Crippen molar-refractivity contribution in [1.29, 1.82) is 0 Å². The molecule has 2 aromatic rings. The van der Waals surface area contributed by atoms with Gasteiger partial charge in [-0.3, -0.25) is 4.79 Å². The number of carboxylic acid groups (broad SMARTS) is 1. The van der Waals surface area contributed by atoms with E-state index in [1.807, 2.05) is 4.90 Å². The van der Waals surface area contributed by atoms with Gasteiger partial charge in [0.15, 0.2) is 10.0 Å². The molecule has 3 N–H and O–H groups in total. The zero-order valence-corrected chi connectivity index (χ0v) is 17.0. The van der Waals surface area contributed by atoms with Crippen molar-refractivity contribution in [2.45, 2.75) is 43.1 Å². The molecule has 144 valence electrons. The average molecular weight is 406 g/mol. The third-order valence-electron chi connectivity index (χ3n) is 4.68. The first kappa shape index (κ1) is 19.9. The van der Waals surface area contributed by atoms with Crippen LogP contribution in [0.3, 0.4) is 0 Å². The Morgan fingerprint density at radius 1 is 1.41 bits per heavy atom. The van der Waals surface area contributed by atoms with E-state index in [1.165, 1.54) is 39.6 Å². The van der Waals surface area contributed by atoms with Crippen LogP contribution < -0.4 is 5.73 Å². The molecule has 8 heteroatoms. The lowest BCUT2D eigenvalue weighted by Crippen LogP contribution is -2.41. The quantitative estimate of drug-likeness (QED) is 0.687. The summed E-state index contributed by atoms with van der Waals surface area (Å²) >= 11 is 2.78. The lowest BCUT2D eigenvalue weighted by molar-refractivity contribution is -0.128. The number of likely N-dealkylation sites (tertiary alicyclic amines) is 1. The first-order valence-electron chi connectivity index (χ1n) is 8.80. The standard InChI is InChI=1S/C19H23N3O3S2/c1-11-7-12(2)9-13(8-11)17(20)15-3-4-16(23)22(15)5-6-26-19-21-14(10-27-19)18(24)25/h7-10,15,17H,3-6,20H2,1-2H3,(H,24,25)/t15-,17?/m1/s1. The van der Waals surface area contributed by atoms with Crippen LogP contribution in [-0.4, -0.2) is 45.2 Å². The number of thioether (sulfide) groups is 1. The van der Waals surface area contributed by atoms with Gasteiger partial charge in [0.25, 0.3) is 0 Å². The van der Waals surface area contributed by atoms with Crippen molar-refractivity contribution >= 4 is 35.0 Å². The summed E-state index contributed by atoms with van der Waals surface area (Å²) in [5.41, 5.74) is 10.0. The Kier molecular flexibility index (Phi) is 6.18. The van der Waals surface area contributed by atoms with Crippen LogP contribution in [0.5, 0.6) is 0 Å². The van der Waals surface area contributed by atoms with Gasteiger partial charge >= 0.3 is 5.97 Å². The van der Waals surface area contributed by atoms with E-state index in [2.05, 4.69) is 37.0 Å². The predicted octanol–water partition coefficient (Wildman–Crippen LogP) is 3.24. The smallest absolute Gasteiger partial charge is 0.355 e. The van der Waals surface area contributed by atoms with Crippen LogP contribution >= 0.6 is 23.1 Å². The number of rotatable bonds is 7. The molecule has 0 aliphatic carbocycles. The number of carbonyl (C=O) groups excluding carboxylic acids is 1. The summed E-state index contributed by atoms with van der Waals surface area (Å²) in [7, 11) is 0. The molecule has 6 nitrogen and oxygen atoms in total. The maximum absolute atomic E-state index is 12.4. The summed E-state index contributed by atoms with van der Waals surface area (Å²) in [6.07, 6.45) is 1.28. The number of thiazole rings is 1. The van der Waals surface area contributed by atoms with E-state index in [1.54, 1.807) is 0 Å². The number of hydrogen-bond acceptors (Lipinski definition) is 6. The number of nitrogens with two attached hydrogens (primary N) is 1. The molecule has 3 rings (SSSR count). The first-order chi connectivity index (χ1) is 12.8. The van der Waals surface area contributed by atoms with E-state index >= 15 is 0 Å². The highest BCUT2D eigenvalue weighted by molar-refractivity contribution is 8.01. The zero-order valence-electron chi connectivity index (χ0n) is 15.3. The molecule has 27 heavy (non-hydrogen) atoms. The summed E-state index contributed by atoms with van der Waals surface area (Å²) in [5, 5.41) is 10.5. The van der Waals surface area contributed by atoms with Gasteiger partial charge in [-0.15, -0.1) is 11.3 Å². The van der Waals surface area contributed by atoms with Gasteiger partial charge in [0.05, 0.1) is 12.1 Å². The third kappa shape index (κ3) is 4.69. The first-order valence-corrected chi connectivity index (χ1v) is 10.7. The van der Waals surface area contributed by atoms with Crippen LogP contribution in [0.15, 0.2) is 27.9 Å². The molecule has 2 heterocycles. The minimum Gasteiger partial charge on any atom is -0.476 e. The Hall–Kier alpha value is -1.90. The summed E-state index contributed by atoms with van der Waals surface area (Å²) in [6.45, 7) is 4.68. The summed E-state index contributed by atoms with van der Waals surface area (Å²) < 4.78 is 0.703. The summed E-state index contributed by atoms with van der Waals surface area (Å²) in [5.74, 6) is -0.230. The van der Waals surface area contributed by atoms with Crippen LogP contribution in [-0.2, 0) is 4.79 Å². The van der Waals surface area contributed by atoms with Gasteiger partial charge in [-0.05, 0) is 25.8 Å². The second-order valence-electron chi connectivity index (χ2n) is 6.79. The molecule has 0 bridgehead atoms. The van der Waals surface area contributed by atoms with Crippen LogP contribution in [0.1, 0.15) is 46.1 Å². The van der Waals surface area contributed by atoms with Crippen LogP contribution in [0, 0.1) is 13.8 Å². The van der Waals surface area contributed by atoms with Crippen molar-refractivity contribution in [3.63, 3.8) is 0 Å². The molecule has 1 fully saturated rings. The number of benzene rings is 1. The Morgan fingerprint density at radius 2 is 2.11 bits per heavy atom. The molecule has 1 aromatic carbocycles. The Bertz CT molecular complexity index is 832. The number of carboxylic acids is 1. The van der Waals surface area contributed by atoms with Crippen LogP contribution in [0.4, 0.5) is 0 Å². The lowest BCUT2D eigenvalue weighted by atomic mass is 9.95. The molecule has 0 saturated carbocycles. The Balaban J connectivity index is 1.64. The van der Waals surface area contributed by atoms with Gasteiger partial charge in [-0.2, -0.15) is 0 Å². The van der Waals surface area contributed by atoms with Crippen LogP contribution in [0.2, 0.25) is 0 Å². The van der Waals surface area contributed by atoms with Gasteiger partial charge in [-0.25, -0.2) is 9.78 Å². The van der Waals surface area contributed by atoms with Gasteiger partial charge in [-0.1, -0.05) is 41.1 Å². The minimum absolute atomic E-state index is 0.00910. The van der Waals surface area contributed by atoms with Crippen molar-refractivity contribution in [2.75, 3.05) is 12.3 Å². The lowest BCUT2D eigenvalue weighted by Gasteiger charge is -2.30. The van der Waals surface area contributed by atoms with E-state index in [0.29, 0.717) is 23.1 Å². The van der Waals surface area contributed by atoms with E-state index in [0.717, 1.165) is 12.0 Å². The molecular formula is C19H23N3O3S2. The van der Waals surface area contributed by atoms with Gasteiger partial charge in [0, 0.05) is 24.1 Å².